The summed E-state index contributed by atoms with van der Waals surface area (Å²) < 4.78 is 0. The maximum absolute atomic E-state index is 8.35. The third kappa shape index (κ3) is 6.80. The SMILES string of the molecule is C=C(CCC(=N)c1ccc(CCCSC)cc1)/C1=C/C=C\CC#CC1. The molecule has 0 saturated heterocycles. The lowest BCUT2D eigenvalue weighted by Crippen LogP contribution is -2.01. The minimum Gasteiger partial charge on any atom is -0.305 e. The van der Waals surface area contributed by atoms with E-state index in [0.29, 0.717) is 5.71 Å². The van der Waals surface area contributed by atoms with Crippen molar-refractivity contribution in [3.8, 4) is 11.8 Å². The fourth-order valence-corrected chi connectivity index (χ4v) is 3.15. The van der Waals surface area contributed by atoms with Crippen LogP contribution in [0.25, 0.3) is 0 Å². The molecular formula is C23H27NS. The Morgan fingerprint density at radius 1 is 1.20 bits per heavy atom. The lowest BCUT2D eigenvalue weighted by atomic mass is 9.95. The van der Waals surface area contributed by atoms with Crippen LogP contribution in [-0.2, 0) is 6.42 Å². The largest absolute Gasteiger partial charge is 0.305 e. The van der Waals surface area contributed by atoms with Crippen LogP contribution in [0, 0.1) is 17.3 Å². The molecule has 0 aliphatic heterocycles. The molecule has 0 bridgehead atoms. The van der Waals surface area contributed by atoms with E-state index in [0.717, 1.165) is 43.2 Å². The summed E-state index contributed by atoms with van der Waals surface area (Å²) in [4.78, 5) is 0. The zero-order valence-electron chi connectivity index (χ0n) is 15.1. The van der Waals surface area contributed by atoms with Crippen molar-refractivity contribution in [2.75, 3.05) is 12.0 Å². The molecule has 1 aliphatic rings. The highest BCUT2D eigenvalue weighted by molar-refractivity contribution is 7.98. The van der Waals surface area contributed by atoms with Gasteiger partial charge in [-0.3, -0.25) is 0 Å². The minimum absolute atomic E-state index is 0.685. The van der Waals surface area contributed by atoms with Crippen molar-refractivity contribution in [1.82, 2.24) is 0 Å². The number of hydrogen-bond donors (Lipinski definition) is 1. The standard InChI is InChI=1S/C23H27NS/c1-19(21-10-6-4-3-5-7-11-21)12-17-23(24)22-15-13-20(14-16-22)9-8-18-25-2/h4,6,10,13-16,24H,1,3,8-9,11-12,17-18H2,2H3/b6-4-,21-10+,24-23?. The van der Waals surface area contributed by atoms with Gasteiger partial charge in [-0.15, -0.1) is 0 Å². The molecule has 1 aliphatic carbocycles. The lowest BCUT2D eigenvalue weighted by Gasteiger charge is -2.10. The van der Waals surface area contributed by atoms with Gasteiger partial charge in [-0.1, -0.05) is 66.5 Å². The summed E-state index contributed by atoms with van der Waals surface area (Å²) in [5, 5.41) is 8.35. The Hall–Kier alpha value is -1.98. The lowest BCUT2D eigenvalue weighted by molar-refractivity contribution is 0.934. The van der Waals surface area contributed by atoms with Gasteiger partial charge < -0.3 is 5.41 Å². The van der Waals surface area contributed by atoms with Crippen LogP contribution in [0.15, 0.2) is 60.2 Å². The van der Waals surface area contributed by atoms with Gasteiger partial charge >= 0.3 is 0 Å². The van der Waals surface area contributed by atoms with Crippen LogP contribution < -0.4 is 0 Å². The van der Waals surface area contributed by atoms with Crippen molar-refractivity contribution >= 4 is 17.5 Å². The van der Waals surface area contributed by atoms with Gasteiger partial charge in [-0.25, -0.2) is 0 Å². The van der Waals surface area contributed by atoms with Crippen LogP contribution in [0.5, 0.6) is 0 Å². The quantitative estimate of drug-likeness (QED) is 0.331. The third-order valence-corrected chi connectivity index (χ3v) is 5.00. The highest BCUT2D eigenvalue weighted by atomic mass is 32.2. The Labute approximate surface area is 156 Å². The molecule has 130 valence electrons. The molecule has 1 aromatic rings. The third-order valence-electron chi connectivity index (χ3n) is 4.30. The molecule has 0 spiro atoms. The van der Waals surface area contributed by atoms with Crippen molar-refractivity contribution in [3.63, 3.8) is 0 Å². The van der Waals surface area contributed by atoms with Crippen LogP contribution in [0.2, 0.25) is 0 Å². The molecule has 1 N–H and O–H groups in total. The van der Waals surface area contributed by atoms with E-state index in [1.807, 2.05) is 11.8 Å². The molecule has 0 fully saturated rings. The Balaban J connectivity index is 1.85. The first-order valence-corrected chi connectivity index (χ1v) is 10.3. The molecule has 25 heavy (non-hydrogen) atoms. The second kappa shape index (κ2) is 10.8. The molecule has 0 unspecified atom stereocenters. The molecule has 0 radical (unpaired) electrons. The number of thioether (sulfide) groups is 1. The molecule has 0 atom stereocenters. The van der Waals surface area contributed by atoms with Crippen molar-refractivity contribution in [1.29, 1.82) is 5.41 Å². The monoisotopic (exact) mass is 349 g/mol. The maximum atomic E-state index is 8.35. The molecule has 0 aromatic heterocycles. The van der Waals surface area contributed by atoms with Gasteiger partial charge in [0.25, 0.3) is 0 Å². The summed E-state index contributed by atoms with van der Waals surface area (Å²) in [6, 6.07) is 8.50. The molecule has 0 saturated carbocycles. The summed E-state index contributed by atoms with van der Waals surface area (Å²) in [5.41, 5.74) is 5.36. The zero-order chi connectivity index (χ0) is 17.9. The molecule has 2 rings (SSSR count). The van der Waals surface area contributed by atoms with Gasteiger partial charge in [0.05, 0.1) is 0 Å². The van der Waals surface area contributed by atoms with Gasteiger partial charge in [0.15, 0.2) is 0 Å². The average Bonchev–Trinajstić information content (AvgIpc) is 2.60. The molecule has 1 nitrogen and oxygen atoms in total. The number of nitrogens with one attached hydrogen (secondary N) is 1. The summed E-state index contributed by atoms with van der Waals surface area (Å²) >= 11 is 1.89. The summed E-state index contributed by atoms with van der Waals surface area (Å²) in [7, 11) is 0. The highest BCUT2D eigenvalue weighted by Gasteiger charge is 2.06. The predicted octanol–water partition coefficient (Wildman–Crippen LogP) is 5.97. The van der Waals surface area contributed by atoms with Crippen molar-refractivity contribution in [3.05, 3.63) is 71.3 Å². The molecule has 1 aromatic carbocycles. The number of allylic oxidation sites excluding steroid dienone is 5. The highest BCUT2D eigenvalue weighted by Crippen LogP contribution is 2.20. The predicted molar refractivity (Wildman–Crippen MR) is 113 cm³/mol. The van der Waals surface area contributed by atoms with Gasteiger partial charge in [-0.2, -0.15) is 11.8 Å². The Kier molecular flexibility index (Phi) is 8.35. The Morgan fingerprint density at radius 2 is 2.00 bits per heavy atom. The molecule has 0 amide bonds. The summed E-state index contributed by atoms with van der Waals surface area (Å²) in [6.45, 7) is 4.20. The van der Waals surface area contributed by atoms with E-state index in [9.17, 15) is 0 Å². The first kappa shape index (κ1) is 19.3. The van der Waals surface area contributed by atoms with Crippen molar-refractivity contribution in [2.24, 2.45) is 0 Å². The number of hydrogen-bond acceptors (Lipinski definition) is 2. The van der Waals surface area contributed by atoms with E-state index >= 15 is 0 Å². The van der Waals surface area contributed by atoms with E-state index in [1.54, 1.807) is 0 Å². The normalized spacial score (nSPS) is 16.6. The first-order chi connectivity index (χ1) is 12.2. The second-order valence-corrected chi connectivity index (χ2v) is 7.22. The van der Waals surface area contributed by atoms with Gasteiger partial charge in [0.1, 0.15) is 0 Å². The average molecular weight is 350 g/mol. The minimum atomic E-state index is 0.685. The Bertz CT molecular complexity index is 711. The molecule has 2 heteroatoms. The van der Waals surface area contributed by atoms with Crippen molar-refractivity contribution in [2.45, 2.75) is 38.5 Å². The van der Waals surface area contributed by atoms with Crippen LogP contribution >= 0.6 is 11.8 Å². The first-order valence-electron chi connectivity index (χ1n) is 8.86. The number of aryl methyl sites for hydroxylation is 1. The zero-order valence-corrected chi connectivity index (χ0v) is 15.9. The number of rotatable bonds is 9. The fraction of sp³-hybridized carbons (Fsp3) is 0.348. The molecule has 0 heterocycles. The van der Waals surface area contributed by atoms with Crippen LogP contribution in [0.3, 0.4) is 0 Å². The van der Waals surface area contributed by atoms with E-state index in [-0.39, 0.29) is 0 Å². The van der Waals surface area contributed by atoms with E-state index in [1.165, 1.54) is 23.3 Å². The summed E-state index contributed by atoms with van der Waals surface area (Å²) in [5.74, 6) is 7.51. The Morgan fingerprint density at radius 3 is 2.76 bits per heavy atom. The van der Waals surface area contributed by atoms with Crippen LogP contribution in [0.4, 0.5) is 0 Å². The fourth-order valence-electron chi connectivity index (χ4n) is 2.72. The van der Waals surface area contributed by atoms with Crippen molar-refractivity contribution < 1.29 is 0 Å². The van der Waals surface area contributed by atoms with Crippen LogP contribution in [0.1, 0.15) is 43.2 Å². The van der Waals surface area contributed by atoms with Crippen LogP contribution in [-0.4, -0.2) is 17.7 Å². The van der Waals surface area contributed by atoms with Gasteiger partial charge in [0.2, 0.25) is 0 Å². The smallest absolute Gasteiger partial charge is 0.0389 e. The number of benzene rings is 1. The molecular weight excluding hydrogens is 322 g/mol. The van der Waals surface area contributed by atoms with Gasteiger partial charge in [-0.05, 0) is 54.4 Å². The maximum Gasteiger partial charge on any atom is 0.0389 e. The van der Waals surface area contributed by atoms with E-state index in [4.69, 9.17) is 5.41 Å². The second-order valence-electron chi connectivity index (χ2n) is 6.23. The van der Waals surface area contributed by atoms with E-state index in [2.05, 4.69) is 67.2 Å². The summed E-state index contributed by atoms with van der Waals surface area (Å²) in [6.07, 6.45) is 13.9. The topological polar surface area (TPSA) is 23.9 Å². The van der Waals surface area contributed by atoms with E-state index < -0.39 is 0 Å². The van der Waals surface area contributed by atoms with Gasteiger partial charge in [0, 0.05) is 18.6 Å².